The predicted octanol–water partition coefficient (Wildman–Crippen LogP) is 2.47. The van der Waals surface area contributed by atoms with Gasteiger partial charge >= 0.3 is 0 Å². The Bertz CT molecular complexity index is 504. The van der Waals surface area contributed by atoms with E-state index in [0.29, 0.717) is 5.13 Å². The van der Waals surface area contributed by atoms with Crippen molar-refractivity contribution in [3.05, 3.63) is 29.8 Å². The molecule has 0 spiro atoms. The Morgan fingerprint density at radius 2 is 1.94 bits per heavy atom. The van der Waals surface area contributed by atoms with Gasteiger partial charge in [-0.25, -0.2) is 0 Å². The zero-order valence-corrected chi connectivity index (χ0v) is 9.84. The van der Waals surface area contributed by atoms with Crippen LogP contribution in [0.15, 0.2) is 24.3 Å². The Morgan fingerprint density at radius 3 is 2.56 bits per heavy atom. The average Bonchev–Trinajstić information content (AvgIpc) is 2.66. The van der Waals surface area contributed by atoms with E-state index in [4.69, 9.17) is 0 Å². The molecule has 1 heterocycles. The summed E-state index contributed by atoms with van der Waals surface area (Å²) in [7, 11) is 0. The number of carbonyl (C=O) groups excluding carboxylic acids is 1. The largest absolute Gasteiger partial charge is 0.301 e. The summed E-state index contributed by atoms with van der Waals surface area (Å²) < 4.78 is 0. The SMILES string of the molecule is CC(=O)Nc1nnc(-c2ccc(C)cc2)s1. The van der Waals surface area contributed by atoms with Crippen molar-refractivity contribution in [2.45, 2.75) is 13.8 Å². The molecule has 0 aliphatic carbocycles. The summed E-state index contributed by atoms with van der Waals surface area (Å²) in [5, 5.41) is 11.9. The molecule has 16 heavy (non-hydrogen) atoms. The first kappa shape index (κ1) is 10.8. The highest BCUT2D eigenvalue weighted by Crippen LogP contribution is 2.26. The lowest BCUT2D eigenvalue weighted by atomic mass is 10.2. The van der Waals surface area contributed by atoms with E-state index in [2.05, 4.69) is 15.5 Å². The minimum Gasteiger partial charge on any atom is -0.301 e. The third-order valence-corrected chi connectivity index (χ3v) is 2.89. The number of aryl methyl sites for hydroxylation is 1. The van der Waals surface area contributed by atoms with E-state index in [1.165, 1.54) is 23.8 Å². The number of amides is 1. The normalized spacial score (nSPS) is 10.1. The fraction of sp³-hybridized carbons (Fsp3) is 0.182. The van der Waals surface area contributed by atoms with Crippen molar-refractivity contribution in [3.8, 4) is 10.6 Å². The molecule has 0 bridgehead atoms. The Kier molecular flexibility index (Phi) is 2.96. The summed E-state index contributed by atoms with van der Waals surface area (Å²) in [6.07, 6.45) is 0. The van der Waals surface area contributed by atoms with Crippen LogP contribution >= 0.6 is 11.3 Å². The molecule has 0 saturated heterocycles. The molecule has 1 amide bonds. The molecule has 0 unspecified atom stereocenters. The number of rotatable bonds is 2. The maximum absolute atomic E-state index is 10.8. The number of benzene rings is 1. The topological polar surface area (TPSA) is 54.9 Å². The monoisotopic (exact) mass is 233 g/mol. The van der Waals surface area contributed by atoms with Gasteiger partial charge in [-0.15, -0.1) is 10.2 Å². The van der Waals surface area contributed by atoms with Crippen LogP contribution in [0.4, 0.5) is 5.13 Å². The predicted molar refractivity (Wildman–Crippen MR) is 64.4 cm³/mol. The van der Waals surface area contributed by atoms with E-state index in [1.807, 2.05) is 31.2 Å². The van der Waals surface area contributed by atoms with Gasteiger partial charge in [0.2, 0.25) is 11.0 Å². The van der Waals surface area contributed by atoms with Gasteiger partial charge in [-0.1, -0.05) is 41.2 Å². The van der Waals surface area contributed by atoms with Gasteiger partial charge < -0.3 is 5.32 Å². The maximum Gasteiger partial charge on any atom is 0.223 e. The summed E-state index contributed by atoms with van der Waals surface area (Å²) >= 11 is 1.37. The second-order valence-corrected chi connectivity index (χ2v) is 4.44. The number of anilines is 1. The molecule has 0 saturated carbocycles. The number of carbonyl (C=O) groups is 1. The number of hydrogen-bond acceptors (Lipinski definition) is 4. The summed E-state index contributed by atoms with van der Waals surface area (Å²) in [6.45, 7) is 3.49. The van der Waals surface area contributed by atoms with Crippen molar-refractivity contribution in [3.63, 3.8) is 0 Å². The molecule has 0 radical (unpaired) electrons. The van der Waals surface area contributed by atoms with Gasteiger partial charge in [-0.05, 0) is 6.92 Å². The fourth-order valence-corrected chi connectivity index (χ4v) is 2.03. The molecule has 2 rings (SSSR count). The smallest absolute Gasteiger partial charge is 0.223 e. The fourth-order valence-electron chi connectivity index (χ4n) is 1.24. The molecule has 1 aromatic heterocycles. The van der Waals surface area contributed by atoms with Crippen molar-refractivity contribution >= 4 is 22.4 Å². The van der Waals surface area contributed by atoms with Crippen LogP contribution in [0, 0.1) is 6.92 Å². The van der Waals surface area contributed by atoms with Gasteiger partial charge in [0.05, 0.1) is 0 Å². The van der Waals surface area contributed by atoms with Crippen LogP contribution in [0.3, 0.4) is 0 Å². The van der Waals surface area contributed by atoms with Gasteiger partial charge in [-0.3, -0.25) is 4.79 Å². The number of nitrogens with zero attached hydrogens (tertiary/aromatic N) is 2. The Balaban J connectivity index is 2.24. The van der Waals surface area contributed by atoms with Gasteiger partial charge in [0.15, 0.2) is 0 Å². The first-order valence-corrected chi connectivity index (χ1v) is 5.65. The number of hydrogen-bond donors (Lipinski definition) is 1. The summed E-state index contributed by atoms with van der Waals surface area (Å²) in [4.78, 5) is 10.8. The van der Waals surface area contributed by atoms with Gasteiger partial charge in [0.25, 0.3) is 0 Å². The highest BCUT2D eigenvalue weighted by atomic mass is 32.1. The molecule has 1 N–H and O–H groups in total. The lowest BCUT2D eigenvalue weighted by molar-refractivity contribution is -0.114. The lowest BCUT2D eigenvalue weighted by Gasteiger charge is -1.95. The van der Waals surface area contributed by atoms with Gasteiger partial charge in [0, 0.05) is 12.5 Å². The molecule has 0 aliphatic heterocycles. The summed E-state index contributed by atoms with van der Waals surface area (Å²) in [5.41, 5.74) is 2.22. The molecular formula is C11H11N3OS. The Labute approximate surface area is 97.3 Å². The van der Waals surface area contributed by atoms with E-state index in [-0.39, 0.29) is 5.91 Å². The molecule has 1 aromatic carbocycles. The average molecular weight is 233 g/mol. The zero-order valence-electron chi connectivity index (χ0n) is 9.02. The number of aromatic nitrogens is 2. The second-order valence-electron chi connectivity index (χ2n) is 3.46. The van der Waals surface area contributed by atoms with Crippen molar-refractivity contribution < 1.29 is 4.79 Å². The van der Waals surface area contributed by atoms with Gasteiger partial charge in [-0.2, -0.15) is 0 Å². The van der Waals surface area contributed by atoms with Crippen LogP contribution in [0.1, 0.15) is 12.5 Å². The first-order valence-electron chi connectivity index (χ1n) is 4.83. The highest BCUT2D eigenvalue weighted by Gasteiger charge is 2.06. The third kappa shape index (κ3) is 2.43. The molecule has 2 aromatic rings. The number of nitrogens with one attached hydrogen (secondary N) is 1. The standard InChI is InChI=1S/C11H11N3OS/c1-7-3-5-9(6-4-7)10-13-14-11(16-10)12-8(2)15/h3-6H,1-2H3,(H,12,14,15). The summed E-state index contributed by atoms with van der Waals surface area (Å²) in [6, 6.07) is 8.03. The molecule has 0 atom stereocenters. The maximum atomic E-state index is 10.8. The second kappa shape index (κ2) is 4.40. The molecule has 4 nitrogen and oxygen atoms in total. The highest BCUT2D eigenvalue weighted by molar-refractivity contribution is 7.18. The van der Waals surface area contributed by atoms with E-state index in [0.717, 1.165) is 10.6 Å². The van der Waals surface area contributed by atoms with Crippen molar-refractivity contribution in [2.75, 3.05) is 5.32 Å². The summed E-state index contributed by atoms with van der Waals surface area (Å²) in [5.74, 6) is -0.133. The first-order chi connectivity index (χ1) is 7.65. The molecule has 82 valence electrons. The molecular weight excluding hydrogens is 222 g/mol. The van der Waals surface area contributed by atoms with E-state index in [9.17, 15) is 4.79 Å². The van der Waals surface area contributed by atoms with Crippen molar-refractivity contribution in [2.24, 2.45) is 0 Å². The minimum atomic E-state index is -0.133. The molecule has 0 fully saturated rings. The van der Waals surface area contributed by atoms with Gasteiger partial charge in [0.1, 0.15) is 5.01 Å². The van der Waals surface area contributed by atoms with Crippen LogP contribution in [-0.4, -0.2) is 16.1 Å². The van der Waals surface area contributed by atoms with Crippen molar-refractivity contribution in [1.29, 1.82) is 0 Å². The van der Waals surface area contributed by atoms with Crippen LogP contribution in [-0.2, 0) is 4.79 Å². The Morgan fingerprint density at radius 1 is 1.25 bits per heavy atom. The lowest BCUT2D eigenvalue weighted by Crippen LogP contribution is -2.04. The van der Waals surface area contributed by atoms with Crippen LogP contribution < -0.4 is 5.32 Å². The van der Waals surface area contributed by atoms with Crippen LogP contribution in [0.2, 0.25) is 0 Å². The van der Waals surface area contributed by atoms with Crippen LogP contribution in [0.5, 0.6) is 0 Å². The Hall–Kier alpha value is -1.75. The minimum absolute atomic E-state index is 0.133. The molecule has 5 heteroatoms. The zero-order chi connectivity index (χ0) is 11.5. The van der Waals surface area contributed by atoms with Crippen molar-refractivity contribution in [1.82, 2.24) is 10.2 Å². The quantitative estimate of drug-likeness (QED) is 0.867. The van der Waals surface area contributed by atoms with Crippen LogP contribution in [0.25, 0.3) is 10.6 Å². The van der Waals surface area contributed by atoms with E-state index in [1.54, 1.807) is 0 Å². The van der Waals surface area contributed by atoms with E-state index >= 15 is 0 Å². The molecule has 0 aliphatic rings. The third-order valence-electron chi connectivity index (χ3n) is 2.01. The van der Waals surface area contributed by atoms with E-state index < -0.39 is 0 Å².